The number of carbonyl (C=O) groups is 2. The van der Waals surface area contributed by atoms with Gasteiger partial charge in [0.1, 0.15) is 0 Å². The zero-order valence-electron chi connectivity index (χ0n) is 6.66. The Balaban J connectivity index is 2.90. The summed E-state index contributed by atoms with van der Waals surface area (Å²) in [5, 5.41) is 8.33. The van der Waals surface area contributed by atoms with E-state index in [-0.39, 0.29) is 5.78 Å². The van der Waals surface area contributed by atoms with E-state index in [1.165, 1.54) is 11.3 Å². The van der Waals surface area contributed by atoms with Crippen molar-refractivity contribution in [3.05, 3.63) is 31.4 Å². The predicted octanol–water partition coefficient (Wildman–Crippen LogP) is 3.10. The highest BCUT2D eigenvalue weighted by Gasteiger charge is 2.10. The van der Waals surface area contributed by atoms with E-state index >= 15 is 0 Å². The van der Waals surface area contributed by atoms with Crippen molar-refractivity contribution < 1.29 is 14.7 Å². The van der Waals surface area contributed by atoms with Crippen LogP contribution < -0.4 is 0 Å². The summed E-state index contributed by atoms with van der Waals surface area (Å²) in [5.74, 6) is -1.47. The van der Waals surface area contributed by atoms with Gasteiger partial charge in [-0.3, -0.25) is 4.79 Å². The van der Waals surface area contributed by atoms with Gasteiger partial charge in [-0.05, 0) is 44.0 Å². The number of carboxylic acid groups (broad SMARTS) is 1. The van der Waals surface area contributed by atoms with Crippen LogP contribution in [0.3, 0.4) is 0 Å². The minimum Gasteiger partial charge on any atom is -0.478 e. The summed E-state index contributed by atoms with van der Waals surface area (Å²) in [4.78, 5) is 21.6. The number of allylic oxidation sites excluding steroid dienone is 1. The van der Waals surface area contributed by atoms with Gasteiger partial charge in [-0.15, -0.1) is 11.3 Å². The van der Waals surface area contributed by atoms with Gasteiger partial charge in [0.2, 0.25) is 0 Å². The molecule has 0 bridgehead atoms. The van der Waals surface area contributed by atoms with Gasteiger partial charge < -0.3 is 5.11 Å². The molecule has 0 saturated carbocycles. The van der Waals surface area contributed by atoms with Crippen molar-refractivity contribution in [3.63, 3.8) is 0 Å². The van der Waals surface area contributed by atoms with Crippen LogP contribution >= 0.6 is 43.2 Å². The molecule has 14 heavy (non-hydrogen) atoms. The third kappa shape index (κ3) is 3.04. The molecule has 0 aromatic carbocycles. The minimum atomic E-state index is -1.14. The molecule has 1 N–H and O–H groups in total. The van der Waals surface area contributed by atoms with Crippen molar-refractivity contribution in [3.8, 4) is 0 Å². The molecule has 0 aliphatic rings. The van der Waals surface area contributed by atoms with E-state index in [1.54, 1.807) is 6.07 Å². The molecule has 0 unspecified atom stereocenters. The summed E-state index contributed by atoms with van der Waals surface area (Å²) in [7, 11) is 0. The van der Waals surface area contributed by atoms with Crippen LogP contribution in [-0.4, -0.2) is 16.9 Å². The topological polar surface area (TPSA) is 54.4 Å². The molecule has 74 valence electrons. The summed E-state index contributed by atoms with van der Waals surface area (Å²) in [6.45, 7) is 0. The fraction of sp³-hybridized carbons (Fsp3) is 0. The highest BCUT2D eigenvalue weighted by molar-refractivity contribution is 9.12. The maximum Gasteiger partial charge on any atom is 0.328 e. The van der Waals surface area contributed by atoms with E-state index in [0.29, 0.717) is 9.35 Å². The molecule has 1 aromatic heterocycles. The number of carboxylic acids is 1. The molecule has 0 atom stereocenters. The third-order valence-corrected chi connectivity index (χ3v) is 3.64. The Morgan fingerprint density at radius 2 is 2.00 bits per heavy atom. The Bertz CT molecular complexity index is 409. The number of thiophene rings is 1. The fourth-order valence-corrected chi connectivity index (χ4v) is 3.56. The lowest BCUT2D eigenvalue weighted by Crippen LogP contribution is -1.95. The van der Waals surface area contributed by atoms with Crippen molar-refractivity contribution >= 4 is 54.9 Å². The van der Waals surface area contributed by atoms with Crippen molar-refractivity contribution in [2.45, 2.75) is 0 Å². The second-order valence-corrected chi connectivity index (χ2v) is 6.02. The zero-order valence-corrected chi connectivity index (χ0v) is 10.6. The first-order valence-corrected chi connectivity index (χ1v) is 5.81. The van der Waals surface area contributed by atoms with Gasteiger partial charge in [-0.2, -0.15) is 0 Å². The van der Waals surface area contributed by atoms with E-state index < -0.39 is 5.97 Å². The molecular formula is C8H4Br2O3S. The SMILES string of the molecule is O=C(O)C=CC(=O)c1cc(Br)sc1Br. The lowest BCUT2D eigenvalue weighted by molar-refractivity contribution is -0.131. The van der Waals surface area contributed by atoms with Crippen molar-refractivity contribution in [2.75, 3.05) is 0 Å². The van der Waals surface area contributed by atoms with E-state index in [4.69, 9.17) is 5.11 Å². The number of rotatable bonds is 3. The minimum absolute atomic E-state index is 0.332. The normalized spacial score (nSPS) is 10.7. The highest BCUT2D eigenvalue weighted by Crippen LogP contribution is 2.32. The first-order valence-electron chi connectivity index (χ1n) is 3.41. The molecule has 0 radical (unpaired) electrons. The monoisotopic (exact) mass is 338 g/mol. The molecule has 3 nitrogen and oxygen atoms in total. The van der Waals surface area contributed by atoms with Crippen LogP contribution in [0.4, 0.5) is 0 Å². The maximum atomic E-state index is 11.4. The van der Waals surface area contributed by atoms with E-state index in [9.17, 15) is 9.59 Å². The van der Waals surface area contributed by atoms with E-state index in [2.05, 4.69) is 31.9 Å². The van der Waals surface area contributed by atoms with Gasteiger partial charge in [0.05, 0.1) is 7.57 Å². The smallest absolute Gasteiger partial charge is 0.328 e. The summed E-state index contributed by atoms with van der Waals surface area (Å²) in [6, 6.07) is 1.64. The summed E-state index contributed by atoms with van der Waals surface area (Å²) in [6.07, 6.45) is 1.85. The summed E-state index contributed by atoms with van der Waals surface area (Å²) < 4.78 is 1.50. The lowest BCUT2D eigenvalue weighted by Gasteiger charge is -1.89. The number of carbonyl (C=O) groups excluding carboxylic acids is 1. The number of ketones is 1. The molecule has 1 aromatic rings. The molecule has 0 aliphatic carbocycles. The Morgan fingerprint density at radius 3 is 2.43 bits per heavy atom. The van der Waals surface area contributed by atoms with Crippen molar-refractivity contribution in [1.82, 2.24) is 0 Å². The van der Waals surface area contributed by atoms with Crippen molar-refractivity contribution in [1.29, 1.82) is 0 Å². The second-order valence-electron chi connectivity index (χ2n) is 2.27. The highest BCUT2D eigenvalue weighted by atomic mass is 79.9. The fourth-order valence-electron chi connectivity index (χ4n) is 0.745. The Morgan fingerprint density at radius 1 is 1.36 bits per heavy atom. The molecule has 1 rings (SSSR count). The van der Waals surface area contributed by atoms with Crippen LogP contribution in [0.1, 0.15) is 10.4 Å². The third-order valence-electron chi connectivity index (χ3n) is 1.30. The molecule has 0 amide bonds. The molecule has 0 aliphatic heterocycles. The van der Waals surface area contributed by atoms with Crippen LogP contribution in [0, 0.1) is 0 Å². The van der Waals surface area contributed by atoms with Gasteiger partial charge in [0.25, 0.3) is 0 Å². The van der Waals surface area contributed by atoms with Crippen LogP contribution in [0.25, 0.3) is 0 Å². The van der Waals surface area contributed by atoms with Gasteiger partial charge in [-0.1, -0.05) is 0 Å². The lowest BCUT2D eigenvalue weighted by atomic mass is 10.2. The molecule has 0 spiro atoms. The standard InChI is InChI=1S/C8H4Br2O3S/c9-6-3-4(8(10)14-6)5(11)1-2-7(12)13/h1-3H,(H,12,13). The van der Waals surface area contributed by atoms with Crippen LogP contribution in [-0.2, 0) is 4.79 Å². The Labute approximate surface area is 101 Å². The quantitative estimate of drug-likeness (QED) is 0.680. The second kappa shape index (κ2) is 4.86. The maximum absolute atomic E-state index is 11.4. The van der Waals surface area contributed by atoms with Gasteiger partial charge in [0.15, 0.2) is 5.78 Å². The average molecular weight is 340 g/mol. The van der Waals surface area contributed by atoms with Gasteiger partial charge >= 0.3 is 5.97 Å². The number of aliphatic carboxylic acids is 1. The van der Waals surface area contributed by atoms with Gasteiger partial charge in [-0.25, -0.2) is 4.79 Å². The Kier molecular flexibility index (Phi) is 4.03. The van der Waals surface area contributed by atoms with E-state index in [0.717, 1.165) is 15.9 Å². The van der Waals surface area contributed by atoms with E-state index in [1.807, 2.05) is 0 Å². The number of hydrogen-bond donors (Lipinski definition) is 1. The average Bonchev–Trinajstić information content (AvgIpc) is 2.41. The van der Waals surface area contributed by atoms with Crippen molar-refractivity contribution in [2.24, 2.45) is 0 Å². The molecular weight excluding hydrogens is 336 g/mol. The molecule has 0 fully saturated rings. The summed E-state index contributed by atoms with van der Waals surface area (Å²) >= 11 is 7.80. The molecule has 0 saturated heterocycles. The van der Waals surface area contributed by atoms with Crippen LogP contribution in [0.5, 0.6) is 0 Å². The number of hydrogen-bond acceptors (Lipinski definition) is 3. The van der Waals surface area contributed by atoms with Gasteiger partial charge in [0, 0.05) is 11.6 Å². The molecule has 6 heteroatoms. The zero-order chi connectivity index (χ0) is 10.7. The van der Waals surface area contributed by atoms with Crippen LogP contribution in [0.2, 0.25) is 0 Å². The Hall–Kier alpha value is -0.460. The van der Waals surface area contributed by atoms with Crippen LogP contribution in [0.15, 0.2) is 25.8 Å². The number of halogens is 2. The summed E-state index contributed by atoms with van der Waals surface area (Å²) in [5.41, 5.74) is 0.458. The predicted molar refractivity (Wildman–Crippen MR) is 60.8 cm³/mol. The molecule has 1 heterocycles. The first kappa shape index (κ1) is 11.6. The largest absolute Gasteiger partial charge is 0.478 e. The first-order chi connectivity index (χ1) is 6.50.